The zero-order valence-electron chi connectivity index (χ0n) is 11.2. The largest absolute Gasteiger partial charge is 0.325 e. The van der Waals surface area contributed by atoms with Crippen molar-refractivity contribution in [2.45, 2.75) is 12.5 Å². The smallest absolute Gasteiger partial charge is 0.233 e. The average Bonchev–Trinajstić information content (AvgIpc) is 2.45. The fourth-order valence-electron chi connectivity index (χ4n) is 2.59. The van der Waals surface area contributed by atoms with Gasteiger partial charge in [0.2, 0.25) is 5.91 Å². The molecule has 1 heterocycles. The maximum Gasteiger partial charge on any atom is 0.233 e. The Hall–Kier alpha value is -1.91. The van der Waals surface area contributed by atoms with Crippen LogP contribution in [0, 0.1) is 5.82 Å². The van der Waals surface area contributed by atoms with E-state index in [0.29, 0.717) is 12.2 Å². The minimum atomic E-state index is -0.472. The summed E-state index contributed by atoms with van der Waals surface area (Å²) in [5, 5.41) is 6.21. The Kier molecular flexibility index (Phi) is 3.90. The predicted molar refractivity (Wildman–Crippen MR) is 80.9 cm³/mol. The molecule has 3 rings (SSSR count). The molecule has 1 amide bonds. The van der Waals surface area contributed by atoms with Crippen molar-refractivity contribution in [2.24, 2.45) is 0 Å². The first-order valence-electron chi connectivity index (χ1n) is 6.69. The Morgan fingerprint density at radius 3 is 2.90 bits per heavy atom. The number of rotatable bonds is 2. The minimum absolute atomic E-state index is 0.170. The molecular weight excluding hydrogens is 291 g/mol. The van der Waals surface area contributed by atoms with E-state index in [-0.39, 0.29) is 16.8 Å². The van der Waals surface area contributed by atoms with Crippen molar-refractivity contribution in [3.05, 3.63) is 64.4 Å². The van der Waals surface area contributed by atoms with Crippen molar-refractivity contribution < 1.29 is 9.18 Å². The third-order valence-corrected chi connectivity index (χ3v) is 3.76. The molecule has 21 heavy (non-hydrogen) atoms. The van der Waals surface area contributed by atoms with Crippen molar-refractivity contribution >= 4 is 23.2 Å². The molecule has 0 spiro atoms. The van der Waals surface area contributed by atoms with E-state index in [2.05, 4.69) is 10.6 Å². The Morgan fingerprint density at radius 1 is 1.29 bits per heavy atom. The zero-order chi connectivity index (χ0) is 14.8. The van der Waals surface area contributed by atoms with Gasteiger partial charge in [-0.3, -0.25) is 4.79 Å². The van der Waals surface area contributed by atoms with E-state index in [9.17, 15) is 9.18 Å². The summed E-state index contributed by atoms with van der Waals surface area (Å²) in [4.78, 5) is 12.4. The summed E-state index contributed by atoms with van der Waals surface area (Å²) >= 11 is 5.80. The van der Waals surface area contributed by atoms with Gasteiger partial charge in [0, 0.05) is 23.8 Å². The Bertz CT molecular complexity index is 669. The fraction of sp³-hybridized carbons (Fsp3) is 0.188. The second-order valence-corrected chi connectivity index (χ2v) is 5.47. The molecule has 0 fully saturated rings. The third kappa shape index (κ3) is 3.06. The molecule has 0 bridgehead atoms. The zero-order valence-corrected chi connectivity index (χ0v) is 12.0. The molecule has 3 nitrogen and oxygen atoms in total. The summed E-state index contributed by atoms with van der Waals surface area (Å²) in [5.41, 5.74) is 2.49. The number of fused-ring (bicyclic) bond motifs is 1. The van der Waals surface area contributed by atoms with Gasteiger partial charge in [-0.1, -0.05) is 35.9 Å². The molecule has 0 saturated carbocycles. The van der Waals surface area contributed by atoms with Crippen LogP contribution in [0.5, 0.6) is 0 Å². The van der Waals surface area contributed by atoms with E-state index in [1.807, 2.05) is 24.3 Å². The summed E-state index contributed by atoms with van der Waals surface area (Å²) < 4.78 is 13.3. The van der Waals surface area contributed by atoms with Gasteiger partial charge in [-0.15, -0.1) is 0 Å². The number of amides is 1. The standard InChI is InChI=1S/C16H14ClFN2O/c17-11-5-12(18)7-13(6-11)20-16(21)15-9-19-8-10-3-1-2-4-14(10)15/h1-7,15,19H,8-9H2,(H,20,21). The summed E-state index contributed by atoms with van der Waals surface area (Å²) in [7, 11) is 0. The summed E-state index contributed by atoms with van der Waals surface area (Å²) in [6.45, 7) is 1.32. The number of anilines is 1. The van der Waals surface area contributed by atoms with Gasteiger partial charge in [-0.05, 0) is 29.3 Å². The molecule has 108 valence electrons. The van der Waals surface area contributed by atoms with Crippen LogP contribution in [-0.4, -0.2) is 12.5 Å². The quantitative estimate of drug-likeness (QED) is 0.894. The number of hydrogen-bond acceptors (Lipinski definition) is 2. The van der Waals surface area contributed by atoms with Crippen molar-refractivity contribution in [3.63, 3.8) is 0 Å². The molecule has 2 aromatic rings. The Labute approximate surface area is 127 Å². The molecule has 0 aliphatic carbocycles. The van der Waals surface area contributed by atoms with Crippen molar-refractivity contribution in [1.29, 1.82) is 0 Å². The van der Waals surface area contributed by atoms with Crippen LogP contribution in [0.25, 0.3) is 0 Å². The van der Waals surface area contributed by atoms with E-state index in [0.717, 1.165) is 17.7 Å². The number of benzene rings is 2. The third-order valence-electron chi connectivity index (χ3n) is 3.54. The second kappa shape index (κ2) is 5.84. The molecule has 2 N–H and O–H groups in total. The first-order chi connectivity index (χ1) is 10.1. The van der Waals surface area contributed by atoms with Crippen LogP contribution >= 0.6 is 11.6 Å². The molecule has 0 aromatic heterocycles. The Balaban J connectivity index is 1.83. The molecule has 1 atom stereocenters. The van der Waals surface area contributed by atoms with Crippen LogP contribution in [0.3, 0.4) is 0 Å². The SMILES string of the molecule is O=C(Nc1cc(F)cc(Cl)c1)C1CNCc2ccccc21. The van der Waals surface area contributed by atoms with Gasteiger partial charge in [0.05, 0.1) is 5.92 Å². The highest BCUT2D eigenvalue weighted by atomic mass is 35.5. The fourth-order valence-corrected chi connectivity index (χ4v) is 2.81. The maximum atomic E-state index is 13.3. The molecule has 2 aromatic carbocycles. The lowest BCUT2D eigenvalue weighted by Crippen LogP contribution is -2.35. The summed E-state index contributed by atoms with van der Waals surface area (Å²) in [6.07, 6.45) is 0. The van der Waals surface area contributed by atoms with E-state index < -0.39 is 5.82 Å². The minimum Gasteiger partial charge on any atom is -0.325 e. The van der Waals surface area contributed by atoms with E-state index in [1.54, 1.807) is 0 Å². The van der Waals surface area contributed by atoms with Crippen molar-refractivity contribution in [2.75, 3.05) is 11.9 Å². The monoisotopic (exact) mass is 304 g/mol. The Morgan fingerprint density at radius 2 is 2.10 bits per heavy atom. The molecule has 0 radical (unpaired) electrons. The number of nitrogens with one attached hydrogen (secondary N) is 2. The topological polar surface area (TPSA) is 41.1 Å². The molecule has 1 unspecified atom stereocenters. The van der Waals surface area contributed by atoms with E-state index in [1.165, 1.54) is 18.2 Å². The normalized spacial score (nSPS) is 17.1. The van der Waals surface area contributed by atoms with Gasteiger partial charge < -0.3 is 10.6 Å². The average molecular weight is 305 g/mol. The van der Waals surface area contributed by atoms with Crippen LogP contribution in [0.1, 0.15) is 17.0 Å². The van der Waals surface area contributed by atoms with Crippen LogP contribution < -0.4 is 10.6 Å². The summed E-state index contributed by atoms with van der Waals surface area (Å²) in [6, 6.07) is 11.8. The van der Waals surface area contributed by atoms with Crippen LogP contribution in [0.4, 0.5) is 10.1 Å². The highest BCUT2D eigenvalue weighted by Gasteiger charge is 2.26. The van der Waals surface area contributed by atoms with Gasteiger partial charge in [0.25, 0.3) is 0 Å². The number of halogens is 2. The van der Waals surface area contributed by atoms with Crippen LogP contribution in [-0.2, 0) is 11.3 Å². The lowest BCUT2D eigenvalue weighted by Gasteiger charge is -2.25. The molecular formula is C16H14ClFN2O. The van der Waals surface area contributed by atoms with Gasteiger partial charge in [-0.25, -0.2) is 4.39 Å². The first-order valence-corrected chi connectivity index (χ1v) is 7.07. The summed E-state index contributed by atoms with van der Waals surface area (Å²) in [5.74, 6) is -0.937. The molecule has 5 heteroatoms. The maximum absolute atomic E-state index is 13.3. The number of hydrogen-bond donors (Lipinski definition) is 2. The lowest BCUT2D eigenvalue weighted by atomic mass is 9.90. The van der Waals surface area contributed by atoms with Crippen LogP contribution in [0.15, 0.2) is 42.5 Å². The highest BCUT2D eigenvalue weighted by molar-refractivity contribution is 6.30. The van der Waals surface area contributed by atoms with Crippen LogP contribution in [0.2, 0.25) is 5.02 Å². The molecule has 0 saturated heterocycles. The van der Waals surface area contributed by atoms with E-state index in [4.69, 9.17) is 11.6 Å². The van der Waals surface area contributed by atoms with Crippen molar-refractivity contribution in [3.8, 4) is 0 Å². The number of carbonyl (C=O) groups excluding carboxylic acids is 1. The lowest BCUT2D eigenvalue weighted by molar-refractivity contribution is -0.117. The first kappa shape index (κ1) is 14.0. The number of carbonyl (C=O) groups is 1. The molecule has 1 aliphatic rings. The van der Waals surface area contributed by atoms with Gasteiger partial charge >= 0.3 is 0 Å². The van der Waals surface area contributed by atoms with Gasteiger partial charge in [0.15, 0.2) is 0 Å². The molecule has 1 aliphatic heterocycles. The van der Waals surface area contributed by atoms with E-state index >= 15 is 0 Å². The highest BCUT2D eigenvalue weighted by Crippen LogP contribution is 2.26. The van der Waals surface area contributed by atoms with Crippen molar-refractivity contribution in [1.82, 2.24) is 5.32 Å². The predicted octanol–water partition coefficient (Wildman–Crippen LogP) is 3.30. The second-order valence-electron chi connectivity index (χ2n) is 5.03. The van der Waals surface area contributed by atoms with Gasteiger partial charge in [0.1, 0.15) is 5.82 Å². The van der Waals surface area contributed by atoms with Gasteiger partial charge in [-0.2, -0.15) is 0 Å².